The highest BCUT2D eigenvalue weighted by molar-refractivity contribution is 5.94. The lowest BCUT2D eigenvalue weighted by molar-refractivity contribution is -0.127. The molecular formula is C19H25N3O3. The minimum atomic E-state index is -0.213. The number of H-pyrrole nitrogens is 1. The van der Waals surface area contributed by atoms with Crippen LogP contribution in [0.4, 0.5) is 0 Å². The number of rotatable bonds is 3. The van der Waals surface area contributed by atoms with E-state index in [9.17, 15) is 14.4 Å². The number of hydrogen-bond donors (Lipinski definition) is 1. The molecule has 25 heavy (non-hydrogen) atoms. The quantitative estimate of drug-likeness (QED) is 0.851. The number of hydrogen-bond acceptors (Lipinski definition) is 3. The van der Waals surface area contributed by atoms with Gasteiger partial charge in [0, 0.05) is 50.3 Å². The highest BCUT2D eigenvalue weighted by Gasteiger charge is 2.45. The maximum Gasteiger partial charge on any atom is 0.255 e. The van der Waals surface area contributed by atoms with Crippen LogP contribution in [-0.2, 0) is 4.79 Å². The standard InChI is InChI=1S/C19H25N3O3/c1-14(2)5-8-22-13-19(11-17(22)24)6-9-21(10-7-19)18(25)15-3-4-16(23)20-12-15/h3-5,12H,6-11,13H2,1-2H3,(H,20,23). The first-order valence-corrected chi connectivity index (χ1v) is 8.78. The summed E-state index contributed by atoms with van der Waals surface area (Å²) in [4.78, 5) is 42.3. The van der Waals surface area contributed by atoms with Gasteiger partial charge in [0.1, 0.15) is 0 Å². The van der Waals surface area contributed by atoms with E-state index in [-0.39, 0.29) is 22.8 Å². The van der Waals surface area contributed by atoms with Crippen molar-refractivity contribution in [3.63, 3.8) is 0 Å². The van der Waals surface area contributed by atoms with Crippen molar-refractivity contribution in [3.8, 4) is 0 Å². The van der Waals surface area contributed by atoms with E-state index < -0.39 is 0 Å². The summed E-state index contributed by atoms with van der Waals surface area (Å²) in [6.07, 6.45) is 5.84. The van der Waals surface area contributed by atoms with Crippen molar-refractivity contribution >= 4 is 11.8 Å². The van der Waals surface area contributed by atoms with Gasteiger partial charge in [0.2, 0.25) is 11.5 Å². The summed E-state index contributed by atoms with van der Waals surface area (Å²) in [5.41, 5.74) is 1.52. The summed E-state index contributed by atoms with van der Waals surface area (Å²) in [6.45, 7) is 6.86. The SMILES string of the molecule is CC(C)=CCN1CC2(CCN(C(=O)c3ccc(=O)[nH]c3)CC2)CC1=O. The molecule has 2 fully saturated rings. The molecular weight excluding hydrogens is 318 g/mol. The van der Waals surface area contributed by atoms with Crippen molar-refractivity contribution in [1.82, 2.24) is 14.8 Å². The normalized spacial score (nSPS) is 19.4. The van der Waals surface area contributed by atoms with Gasteiger partial charge < -0.3 is 14.8 Å². The van der Waals surface area contributed by atoms with E-state index in [0.717, 1.165) is 19.4 Å². The van der Waals surface area contributed by atoms with Crippen molar-refractivity contribution in [2.75, 3.05) is 26.2 Å². The molecule has 2 amide bonds. The maximum atomic E-state index is 12.5. The third-order valence-electron chi connectivity index (χ3n) is 5.27. The molecule has 6 heteroatoms. The zero-order valence-corrected chi connectivity index (χ0v) is 14.9. The Morgan fingerprint density at radius 3 is 2.56 bits per heavy atom. The molecule has 2 saturated heterocycles. The van der Waals surface area contributed by atoms with E-state index in [0.29, 0.717) is 31.6 Å². The predicted octanol–water partition coefficient (Wildman–Crippen LogP) is 1.80. The fraction of sp³-hybridized carbons (Fsp3) is 0.526. The third kappa shape index (κ3) is 3.83. The Morgan fingerprint density at radius 1 is 1.24 bits per heavy atom. The lowest BCUT2D eigenvalue weighted by atomic mass is 9.77. The Balaban J connectivity index is 1.61. The van der Waals surface area contributed by atoms with Gasteiger partial charge in [-0.2, -0.15) is 0 Å². The van der Waals surface area contributed by atoms with Crippen LogP contribution in [0.3, 0.4) is 0 Å². The molecule has 2 aliphatic rings. The number of aromatic nitrogens is 1. The van der Waals surface area contributed by atoms with Gasteiger partial charge in [-0.25, -0.2) is 0 Å². The van der Waals surface area contributed by atoms with Crippen LogP contribution in [0.2, 0.25) is 0 Å². The Kier molecular flexibility index (Phi) is 4.79. The highest BCUT2D eigenvalue weighted by atomic mass is 16.2. The van der Waals surface area contributed by atoms with Gasteiger partial charge in [0.05, 0.1) is 5.56 Å². The average Bonchev–Trinajstić information content (AvgIpc) is 2.89. The zero-order valence-electron chi connectivity index (χ0n) is 14.9. The molecule has 1 N–H and O–H groups in total. The smallest absolute Gasteiger partial charge is 0.255 e. The minimum Gasteiger partial charge on any atom is -0.339 e. The molecule has 3 rings (SSSR count). The van der Waals surface area contributed by atoms with Gasteiger partial charge in [-0.05, 0) is 32.8 Å². The Bertz CT molecular complexity index is 733. The summed E-state index contributed by atoms with van der Waals surface area (Å²) >= 11 is 0. The molecule has 0 unspecified atom stereocenters. The number of pyridine rings is 1. The lowest BCUT2D eigenvalue weighted by Gasteiger charge is -2.38. The molecule has 0 saturated carbocycles. The Hall–Kier alpha value is -2.37. The van der Waals surface area contributed by atoms with Crippen LogP contribution >= 0.6 is 0 Å². The van der Waals surface area contributed by atoms with E-state index in [1.807, 2.05) is 23.6 Å². The van der Waals surface area contributed by atoms with Gasteiger partial charge in [0.15, 0.2) is 0 Å². The van der Waals surface area contributed by atoms with Crippen LogP contribution in [0, 0.1) is 5.41 Å². The molecule has 1 spiro atoms. The van der Waals surface area contributed by atoms with Gasteiger partial charge >= 0.3 is 0 Å². The molecule has 6 nitrogen and oxygen atoms in total. The molecule has 0 atom stereocenters. The number of carbonyl (C=O) groups excluding carboxylic acids is 2. The van der Waals surface area contributed by atoms with E-state index in [2.05, 4.69) is 11.1 Å². The largest absolute Gasteiger partial charge is 0.339 e. The Labute approximate surface area is 147 Å². The number of aromatic amines is 1. The Morgan fingerprint density at radius 2 is 1.96 bits per heavy atom. The first kappa shape index (κ1) is 17.5. The number of nitrogens with one attached hydrogen (secondary N) is 1. The van der Waals surface area contributed by atoms with Crippen molar-refractivity contribution in [1.29, 1.82) is 0 Å². The molecule has 2 aliphatic heterocycles. The maximum absolute atomic E-state index is 12.5. The second-order valence-electron chi connectivity index (χ2n) is 7.47. The van der Waals surface area contributed by atoms with Crippen molar-refractivity contribution < 1.29 is 9.59 Å². The number of carbonyl (C=O) groups is 2. The number of amides is 2. The molecule has 1 aromatic heterocycles. The van der Waals surface area contributed by atoms with Crippen LogP contribution < -0.4 is 5.56 Å². The minimum absolute atomic E-state index is 0.00828. The van der Waals surface area contributed by atoms with Gasteiger partial charge in [-0.1, -0.05) is 11.6 Å². The summed E-state index contributed by atoms with van der Waals surface area (Å²) in [5.74, 6) is 0.162. The zero-order chi connectivity index (χ0) is 18.0. The molecule has 3 heterocycles. The van der Waals surface area contributed by atoms with E-state index in [4.69, 9.17) is 0 Å². The molecule has 1 aromatic rings. The number of nitrogens with zero attached hydrogens (tertiary/aromatic N) is 2. The van der Waals surface area contributed by atoms with Crippen LogP contribution in [0.5, 0.6) is 0 Å². The molecule has 0 radical (unpaired) electrons. The lowest BCUT2D eigenvalue weighted by Crippen LogP contribution is -2.44. The van der Waals surface area contributed by atoms with Gasteiger partial charge in [-0.3, -0.25) is 14.4 Å². The molecule has 134 valence electrons. The average molecular weight is 343 g/mol. The summed E-state index contributed by atoms with van der Waals surface area (Å²) in [7, 11) is 0. The van der Waals surface area contributed by atoms with Crippen molar-refractivity contribution in [2.24, 2.45) is 5.41 Å². The van der Waals surface area contributed by atoms with E-state index in [1.165, 1.54) is 17.8 Å². The van der Waals surface area contributed by atoms with Gasteiger partial charge in [-0.15, -0.1) is 0 Å². The molecule has 0 bridgehead atoms. The molecule has 0 aromatic carbocycles. The summed E-state index contributed by atoms with van der Waals surface area (Å²) in [5, 5.41) is 0. The van der Waals surface area contributed by atoms with Crippen LogP contribution in [0.25, 0.3) is 0 Å². The number of piperidine rings is 1. The van der Waals surface area contributed by atoms with Crippen molar-refractivity contribution in [2.45, 2.75) is 33.1 Å². The monoisotopic (exact) mass is 343 g/mol. The van der Waals surface area contributed by atoms with E-state index in [1.54, 1.807) is 6.07 Å². The highest BCUT2D eigenvalue weighted by Crippen LogP contribution is 2.41. The summed E-state index contributed by atoms with van der Waals surface area (Å²) in [6, 6.07) is 2.93. The predicted molar refractivity (Wildman–Crippen MR) is 95.3 cm³/mol. The first-order chi connectivity index (χ1) is 11.9. The second kappa shape index (κ2) is 6.86. The van der Waals surface area contributed by atoms with Gasteiger partial charge in [0.25, 0.3) is 5.91 Å². The second-order valence-corrected chi connectivity index (χ2v) is 7.47. The number of allylic oxidation sites excluding steroid dienone is 1. The topological polar surface area (TPSA) is 73.5 Å². The third-order valence-corrected chi connectivity index (χ3v) is 5.27. The summed E-state index contributed by atoms with van der Waals surface area (Å²) < 4.78 is 0. The van der Waals surface area contributed by atoms with Crippen LogP contribution in [0.15, 0.2) is 34.8 Å². The fourth-order valence-electron chi connectivity index (χ4n) is 3.69. The van der Waals surface area contributed by atoms with Crippen molar-refractivity contribution in [3.05, 3.63) is 45.9 Å². The number of likely N-dealkylation sites (tertiary alicyclic amines) is 2. The van der Waals surface area contributed by atoms with E-state index >= 15 is 0 Å². The first-order valence-electron chi connectivity index (χ1n) is 8.78. The van der Waals surface area contributed by atoms with Crippen LogP contribution in [0.1, 0.15) is 43.5 Å². The molecule has 0 aliphatic carbocycles. The van der Waals surface area contributed by atoms with Crippen LogP contribution in [-0.4, -0.2) is 52.8 Å². The fourth-order valence-corrected chi connectivity index (χ4v) is 3.69.